The molecule has 0 aliphatic carbocycles. The fourth-order valence-corrected chi connectivity index (χ4v) is 0.901. The summed E-state index contributed by atoms with van der Waals surface area (Å²) < 4.78 is 5.36. The van der Waals surface area contributed by atoms with Crippen molar-refractivity contribution in [1.29, 1.82) is 0 Å². The molecular formula is C7H15NO2Si. The molecule has 0 spiro atoms. The average molecular weight is 173 g/mol. The summed E-state index contributed by atoms with van der Waals surface area (Å²) in [5.41, 5.74) is 0. The molecule has 0 saturated heterocycles. The molecule has 0 rings (SSSR count). The van der Waals surface area contributed by atoms with Gasteiger partial charge in [-0.1, -0.05) is 6.58 Å². The normalized spacial score (nSPS) is 10.8. The molecule has 0 saturated carbocycles. The predicted molar refractivity (Wildman–Crippen MR) is 47.6 cm³/mol. The fourth-order valence-electron chi connectivity index (χ4n) is 0.396. The van der Waals surface area contributed by atoms with E-state index < -0.39 is 8.32 Å². The Hall–Kier alpha value is -0.613. The maximum Gasteiger partial charge on any atom is 0.245 e. The molecule has 0 bridgehead atoms. The van der Waals surface area contributed by atoms with Gasteiger partial charge in [0.2, 0.25) is 5.91 Å². The standard InChI is InChI=1S/C7H15NO2Si/c1-5-7(9)8-6-10-11(2,3)4/h5H,1,6H2,2-4H3,(H,8,9). The fraction of sp³-hybridized carbons (Fsp3) is 0.571. The molecule has 1 amide bonds. The zero-order valence-corrected chi connectivity index (χ0v) is 8.31. The van der Waals surface area contributed by atoms with Gasteiger partial charge >= 0.3 is 0 Å². The van der Waals surface area contributed by atoms with Crippen LogP contribution in [0, 0.1) is 0 Å². The molecule has 11 heavy (non-hydrogen) atoms. The number of hydrogen-bond acceptors (Lipinski definition) is 2. The molecule has 0 aromatic rings. The second-order valence-electron chi connectivity index (χ2n) is 3.15. The highest BCUT2D eigenvalue weighted by Crippen LogP contribution is 1.99. The average Bonchev–Trinajstić information content (AvgIpc) is 1.85. The van der Waals surface area contributed by atoms with E-state index in [-0.39, 0.29) is 5.91 Å². The predicted octanol–water partition coefficient (Wildman–Crippen LogP) is 1.10. The van der Waals surface area contributed by atoms with Crippen LogP contribution in [0.2, 0.25) is 19.6 Å². The van der Waals surface area contributed by atoms with Crippen LogP contribution in [0.4, 0.5) is 0 Å². The third-order valence-corrected chi connectivity index (χ3v) is 1.95. The van der Waals surface area contributed by atoms with E-state index in [1.807, 2.05) is 0 Å². The Morgan fingerprint density at radius 3 is 2.55 bits per heavy atom. The van der Waals surface area contributed by atoms with Crippen LogP contribution in [0.5, 0.6) is 0 Å². The second kappa shape index (κ2) is 4.30. The van der Waals surface area contributed by atoms with Gasteiger partial charge in [0.25, 0.3) is 0 Å². The van der Waals surface area contributed by atoms with Crippen molar-refractivity contribution in [2.24, 2.45) is 0 Å². The largest absolute Gasteiger partial charge is 0.400 e. The first-order valence-electron chi connectivity index (χ1n) is 3.50. The van der Waals surface area contributed by atoms with Crippen molar-refractivity contribution in [3.63, 3.8) is 0 Å². The Morgan fingerprint density at radius 1 is 1.64 bits per heavy atom. The van der Waals surface area contributed by atoms with Crippen LogP contribution >= 0.6 is 0 Å². The molecule has 0 aliphatic rings. The van der Waals surface area contributed by atoms with Crippen molar-refractivity contribution in [2.75, 3.05) is 6.73 Å². The van der Waals surface area contributed by atoms with E-state index >= 15 is 0 Å². The van der Waals surface area contributed by atoms with Crippen LogP contribution in [0.3, 0.4) is 0 Å². The quantitative estimate of drug-likeness (QED) is 0.393. The minimum Gasteiger partial charge on any atom is -0.400 e. The van der Waals surface area contributed by atoms with Gasteiger partial charge in [0.05, 0.1) is 0 Å². The summed E-state index contributed by atoms with van der Waals surface area (Å²) in [6.07, 6.45) is 1.23. The third-order valence-electron chi connectivity index (χ3n) is 0.937. The molecule has 0 aromatic carbocycles. The monoisotopic (exact) mass is 173 g/mol. The summed E-state index contributed by atoms with van der Waals surface area (Å²) in [4.78, 5) is 10.6. The van der Waals surface area contributed by atoms with Crippen molar-refractivity contribution in [3.05, 3.63) is 12.7 Å². The van der Waals surface area contributed by atoms with Crippen molar-refractivity contribution in [1.82, 2.24) is 5.32 Å². The maximum atomic E-state index is 10.6. The van der Waals surface area contributed by atoms with Gasteiger partial charge in [-0.15, -0.1) is 0 Å². The molecule has 0 atom stereocenters. The van der Waals surface area contributed by atoms with Gasteiger partial charge in [-0.2, -0.15) is 0 Å². The molecule has 0 unspecified atom stereocenters. The minimum absolute atomic E-state index is 0.191. The summed E-state index contributed by atoms with van der Waals surface area (Å²) in [6.45, 7) is 9.80. The van der Waals surface area contributed by atoms with Crippen LogP contribution in [-0.4, -0.2) is 21.0 Å². The first-order chi connectivity index (χ1) is 4.95. The lowest BCUT2D eigenvalue weighted by molar-refractivity contribution is -0.117. The molecular weight excluding hydrogens is 158 g/mol. The van der Waals surface area contributed by atoms with E-state index in [0.717, 1.165) is 0 Å². The molecule has 1 N–H and O–H groups in total. The topological polar surface area (TPSA) is 38.3 Å². The van der Waals surface area contributed by atoms with Gasteiger partial charge in [0.1, 0.15) is 6.73 Å². The van der Waals surface area contributed by atoms with Crippen molar-refractivity contribution in [3.8, 4) is 0 Å². The molecule has 0 aromatic heterocycles. The highest BCUT2D eigenvalue weighted by atomic mass is 28.4. The van der Waals surface area contributed by atoms with Gasteiger partial charge in [-0.25, -0.2) is 0 Å². The van der Waals surface area contributed by atoms with Crippen LogP contribution in [0.1, 0.15) is 0 Å². The summed E-state index contributed by atoms with van der Waals surface area (Å²) >= 11 is 0. The number of amides is 1. The zero-order valence-electron chi connectivity index (χ0n) is 7.31. The Kier molecular flexibility index (Phi) is 4.06. The maximum absolute atomic E-state index is 10.6. The number of nitrogens with one attached hydrogen (secondary N) is 1. The number of hydrogen-bond donors (Lipinski definition) is 1. The number of carbonyl (C=O) groups is 1. The summed E-state index contributed by atoms with van der Waals surface area (Å²) in [7, 11) is -1.49. The molecule has 0 radical (unpaired) electrons. The van der Waals surface area contributed by atoms with E-state index in [1.54, 1.807) is 0 Å². The van der Waals surface area contributed by atoms with Crippen LogP contribution in [0.15, 0.2) is 12.7 Å². The van der Waals surface area contributed by atoms with E-state index in [9.17, 15) is 4.79 Å². The van der Waals surface area contributed by atoms with E-state index in [1.165, 1.54) is 6.08 Å². The summed E-state index contributed by atoms with van der Waals surface area (Å²) in [5, 5.41) is 2.54. The highest BCUT2D eigenvalue weighted by molar-refractivity contribution is 6.69. The minimum atomic E-state index is -1.49. The van der Waals surface area contributed by atoms with Crippen molar-refractivity contribution in [2.45, 2.75) is 19.6 Å². The van der Waals surface area contributed by atoms with Crippen LogP contribution < -0.4 is 5.32 Å². The van der Waals surface area contributed by atoms with E-state index in [2.05, 4.69) is 31.5 Å². The zero-order chi connectivity index (χ0) is 8.91. The lowest BCUT2D eigenvalue weighted by Crippen LogP contribution is -2.33. The van der Waals surface area contributed by atoms with E-state index in [4.69, 9.17) is 4.43 Å². The highest BCUT2D eigenvalue weighted by Gasteiger charge is 2.13. The molecule has 4 heteroatoms. The summed E-state index contributed by atoms with van der Waals surface area (Å²) in [6, 6.07) is 0. The first-order valence-corrected chi connectivity index (χ1v) is 6.91. The van der Waals surface area contributed by atoms with Gasteiger partial charge < -0.3 is 9.74 Å². The van der Waals surface area contributed by atoms with Crippen molar-refractivity contribution >= 4 is 14.2 Å². The summed E-state index contributed by atoms with van der Waals surface area (Å²) in [5.74, 6) is -0.191. The van der Waals surface area contributed by atoms with E-state index in [0.29, 0.717) is 6.73 Å². The molecule has 0 heterocycles. The van der Waals surface area contributed by atoms with Gasteiger partial charge in [-0.05, 0) is 25.7 Å². The second-order valence-corrected chi connectivity index (χ2v) is 7.66. The molecule has 0 fully saturated rings. The number of carbonyl (C=O) groups excluding carboxylic acids is 1. The Balaban J connectivity index is 3.42. The Bertz CT molecular complexity index is 151. The van der Waals surface area contributed by atoms with Gasteiger partial charge in [-0.3, -0.25) is 4.79 Å². The van der Waals surface area contributed by atoms with Crippen LogP contribution in [-0.2, 0) is 9.22 Å². The Morgan fingerprint density at radius 2 is 2.18 bits per heavy atom. The van der Waals surface area contributed by atoms with Crippen LogP contribution in [0.25, 0.3) is 0 Å². The van der Waals surface area contributed by atoms with Gasteiger partial charge in [0.15, 0.2) is 8.32 Å². The lowest BCUT2D eigenvalue weighted by Gasteiger charge is -2.16. The lowest BCUT2D eigenvalue weighted by atomic mass is 10.6. The smallest absolute Gasteiger partial charge is 0.245 e. The molecule has 0 aliphatic heterocycles. The SMILES string of the molecule is C=CC(=O)NCO[Si](C)(C)C. The third kappa shape index (κ3) is 7.28. The Labute approximate surface area is 68.6 Å². The molecule has 64 valence electrons. The molecule has 3 nitrogen and oxygen atoms in total. The first kappa shape index (κ1) is 10.4. The van der Waals surface area contributed by atoms with Gasteiger partial charge in [0, 0.05) is 0 Å². The van der Waals surface area contributed by atoms with Crippen molar-refractivity contribution < 1.29 is 9.22 Å². The number of rotatable bonds is 4.